The van der Waals surface area contributed by atoms with E-state index in [1.54, 1.807) is 0 Å². The van der Waals surface area contributed by atoms with Crippen molar-refractivity contribution in [1.29, 1.82) is 0 Å². The summed E-state index contributed by atoms with van der Waals surface area (Å²) in [6.45, 7) is 3.71. The molecular formula is C18H13N. The molecule has 0 atom stereocenters. The molecule has 0 aliphatic heterocycles. The van der Waals surface area contributed by atoms with Crippen LogP contribution in [0.5, 0.6) is 0 Å². The number of nitrogens with one attached hydrogen (secondary N) is 1. The van der Waals surface area contributed by atoms with Gasteiger partial charge in [0.15, 0.2) is 0 Å². The van der Waals surface area contributed by atoms with E-state index in [0.29, 0.717) is 0 Å². The first-order valence-corrected chi connectivity index (χ1v) is 6.23. The molecule has 0 aliphatic rings. The Labute approximate surface area is 112 Å². The van der Waals surface area contributed by atoms with Gasteiger partial charge >= 0.3 is 0 Å². The van der Waals surface area contributed by atoms with Gasteiger partial charge in [0.2, 0.25) is 0 Å². The van der Waals surface area contributed by atoms with E-state index in [0.717, 1.165) is 22.2 Å². The SMILES string of the molecule is CC#Cc1ccc2[nH]c3ccc(C#CC)cc3c2c1. The fourth-order valence-corrected chi connectivity index (χ4v) is 2.34. The summed E-state index contributed by atoms with van der Waals surface area (Å²) < 4.78 is 0. The standard InChI is InChI=1S/C18H13N/c1-3-5-13-7-9-17-15(11-13)16-12-14(6-4-2)8-10-18(16)19-17/h7-12,19H,1-2H3. The molecule has 2 aromatic carbocycles. The summed E-state index contributed by atoms with van der Waals surface area (Å²) in [5.41, 5.74) is 4.36. The summed E-state index contributed by atoms with van der Waals surface area (Å²) in [5.74, 6) is 12.1. The Hall–Kier alpha value is -2.64. The first kappa shape index (κ1) is 11.5. The van der Waals surface area contributed by atoms with Crippen LogP contribution in [0.2, 0.25) is 0 Å². The predicted octanol–water partition coefficient (Wildman–Crippen LogP) is 4.06. The van der Waals surface area contributed by atoms with Crippen LogP contribution in [0.15, 0.2) is 36.4 Å². The molecule has 0 unspecified atom stereocenters. The lowest BCUT2D eigenvalue weighted by molar-refractivity contribution is 1.54. The summed E-state index contributed by atoms with van der Waals surface area (Å²) in [4.78, 5) is 3.42. The lowest BCUT2D eigenvalue weighted by Crippen LogP contribution is -1.75. The van der Waals surface area contributed by atoms with Gasteiger partial charge in [0.25, 0.3) is 0 Å². The molecule has 0 saturated carbocycles. The number of aromatic nitrogens is 1. The molecule has 3 rings (SSSR count). The van der Waals surface area contributed by atoms with Gasteiger partial charge in [-0.3, -0.25) is 0 Å². The predicted molar refractivity (Wildman–Crippen MR) is 80.9 cm³/mol. The van der Waals surface area contributed by atoms with Gasteiger partial charge in [0, 0.05) is 32.9 Å². The molecule has 90 valence electrons. The van der Waals surface area contributed by atoms with Crippen molar-refractivity contribution in [1.82, 2.24) is 4.98 Å². The maximum Gasteiger partial charge on any atom is 0.0465 e. The van der Waals surface area contributed by atoms with Crippen molar-refractivity contribution in [2.75, 3.05) is 0 Å². The quantitative estimate of drug-likeness (QED) is 0.573. The Kier molecular flexibility index (Phi) is 2.75. The van der Waals surface area contributed by atoms with Gasteiger partial charge in [0.1, 0.15) is 0 Å². The van der Waals surface area contributed by atoms with Crippen LogP contribution < -0.4 is 0 Å². The van der Waals surface area contributed by atoms with E-state index >= 15 is 0 Å². The van der Waals surface area contributed by atoms with E-state index in [1.807, 2.05) is 26.0 Å². The monoisotopic (exact) mass is 243 g/mol. The smallest absolute Gasteiger partial charge is 0.0465 e. The van der Waals surface area contributed by atoms with Crippen molar-refractivity contribution in [2.24, 2.45) is 0 Å². The van der Waals surface area contributed by atoms with Gasteiger partial charge in [-0.2, -0.15) is 0 Å². The van der Waals surface area contributed by atoms with E-state index in [2.05, 4.69) is 52.9 Å². The summed E-state index contributed by atoms with van der Waals surface area (Å²) in [5, 5.41) is 2.41. The number of hydrogen-bond acceptors (Lipinski definition) is 0. The number of fused-ring (bicyclic) bond motifs is 3. The highest BCUT2D eigenvalue weighted by Gasteiger charge is 2.05. The van der Waals surface area contributed by atoms with Crippen molar-refractivity contribution in [3.05, 3.63) is 47.5 Å². The zero-order valence-electron chi connectivity index (χ0n) is 11.0. The first-order chi connectivity index (χ1) is 9.31. The Morgan fingerprint density at radius 2 is 1.21 bits per heavy atom. The fraction of sp³-hybridized carbons (Fsp3) is 0.111. The van der Waals surface area contributed by atoms with E-state index in [4.69, 9.17) is 0 Å². The van der Waals surface area contributed by atoms with Crippen molar-refractivity contribution < 1.29 is 0 Å². The van der Waals surface area contributed by atoms with E-state index in [9.17, 15) is 0 Å². The molecule has 1 heterocycles. The Bertz CT molecular complexity index is 815. The molecule has 0 spiro atoms. The lowest BCUT2D eigenvalue weighted by Gasteiger charge is -1.94. The zero-order valence-corrected chi connectivity index (χ0v) is 11.0. The highest BCUT2D eigenvalue weighted by Crippen LogP contribution is 2.26. The van der Waals surface area contributed by atoms with Gasteiger partial charge in [-0.05, 0) is 50.2 Å². The Balaban J connectivity index is 2.35. The number of hydrogen-bond donors (Lipinski definition) is 1. The molecule has 0 radical (unpaired) electrons. The van der Waals surface area contributed by atoms with Gasteiger partial charge < -0.3 is 4.98 Å². The van der Waals surface area contributed by atoms with Crippen LogP contribution in [0.3, 0.4) is 0 Å². The molecule has 0 amide bonds. The van der Waals surface area contributed by atoms with E-state index in [-0.39, 0.29) is 0 Å². The van der Waals surface area contributed by atoms with Crippen LogP contribution in [-0.4, -0.2) is 4.98 Å². The molecule has 1 nitrogen and oxygen atoms in total. The average Bonchev–Trinajstić information content (AvgIpc) is 2.77. The molecule has 3 aromatic rings. The van der Waals surface area contributed by atoms with Crippen molar-refractivity contribution in [2.45, 2.75) is 13.8 Å². The minimum absolute atomic E-state index is 1.04. The van der Waals surface area contributed by atoms with Crippen molar-refractivity contribution in [3.8, 4) is 23.7 Å². The molecular weight excluding hydrogens is 230 g/mol. The van der Waals surface area contributed by atoms with Crippen LogP contribution in [0.1, 0.15) is 25.0 Å². The average molecular weight is 243 g/mol. The molecule has 1 aromatic heterocycles. The lowest BCUT2D eigenvalue weighted by atomic mass is 10.1. The third-order valence-corrected chi connectivity index (χ3v) is 3.14. The molecule has 0 bridgehead atoms. The van der Waals surface area contributed by atoms with Crippen LogP contribution in [0.4, 0.5) is 0 Å². The summed E-state index contributed by atoms with van der Waals surface area (Å²) in [6.07, 6.45) is 0. The third kappa shape index (κ3) is 1.96. The van der Waals surface area contributed by atoms with Crippen molar-refractivity contribution >= 4 is 21.8 Å². The van der Waals surface area contributed by atoms with Crippen LogP contribution in [0, 0.1) is 23.7 Å². The van der Waals surface area contributed by atoms with Crippen molar-refractivity contribution in [3.63, 3.8) is 0 Å². The topological polar surface area (TPSA) is 15.8 Å². The molecule has 0 fully saturated rings. The second kappa shape index (κ2) is 4.56. The highest BCUT2D eigenvalue weighted by molar-refractivity contribution is 6.08. The second-order valence-corrected chi connectivity index (χ2v) is 4.40. The maximum atomic E-state index is 3.42. The zero-order chi connectivity index (χ0) is 13.2. The largest absolute Gasteiger partial charge is 0.355 e. The van der Waals surface area contributed by atoms with Gasteiger partial charge in [-0.1, -0.05) is 11.8 Å². The number of rotatable bonds is 0. The van der Waals surface area contributed by atoms with Gasteiger partial charge in [0.05, 0.1) is 0 Å². The maximum absolute atomic E-state index is 3.42. The molecule has 0 aliphatic carbocycles. The molecule has 19 heavy (non-hydrogen) atoms. The van der Waals surface area contributed by atoms with Gasteiger partial charge in [-0.25, -0.2) is 0 Å². The van der Waals surface area contributed by atoms with Crippen LogP contribution in [0.25, 0.3) is 21.8 Å². The summed E-state index contributed by atoms with van der Waals surface area (Å²) >= 11 is 0. The van der Waals surface area contributed by atoms with Crippen LogP contribution >= 0.6 is 0 Å². The third-order valence-electron chi connectivity index (χ3n) is 3.14. The fourth-order valence-electron chi connectivity index (χ4n) is 2.34. The Morgan fingerprint density at radius 3 is 1.63 bits per heavy atom. The number of aromatic amines is 1. The highest BCUT2D eigenvalue weighted by atomic mass is 14.7. The van der Waals surface area contributed by atoms with Crippen LogP contribution in [-0.2, 0) is 0 Å². The van der Waals surface area contributed by atoms with E-state index in [1.165, 1.54) is 10.8 Å². The summed E-state index contributed by atoms with van der Waals surface area (Å²) in [7, 11) is 0. The molecule has 0 saturated heterocycles. The first-order valence-electron chi connectivity index (χ1n) is 6.23. The second-order valence-electron chi connectivity index (χ2n) is 4.40. The number of benzene rings is 2. The number of H-pyrrole nitrogens is 1. The minimum Gasteiger partial charge on any atom is -0.355 e. The molecule has 1 heteroatoms. The Morgan fingerprint density at radius 1 is 0.737 bits per heavy atom. The minimum atomic E-state index is 1.04. The normalized spacial score (nSPS) is 9.79. The van der Waals surface area contributed by atoms with E-state index < -0.39 is 0 Å². The van der Waals surface area contributed by atoms with Gasteiger partial charge in [-0.15, -0.1) is 11.8 Å². The summed E-state index contributed by atoms with van der Waals surface area (Å²) in [6, 6.07) is 12.5. The molecule has 1 N–H and O–H groups in total.